The molecule has 0 fully saturated rings. The molecule has 0 heterocycles. The molecule has 13 heavy (non-hydrogen) atoms. The van der Waals surface area contributed by atoms with E-state index < -0.39 is 0 Å². The zero-order valence-corrected chi connectivity index (χ0v) is 11.8. The van der Waals surface area contributed by atoms with Crippen LogP contribution in [0.25, 0.3) is 0 Å². The monoisotopic (exact) mass is 222 g/mol. The fraction of sp³-hybridized carbons (Fsp3) is 1.00. The summed E-state index contributed by atoms with van der Waals surface area (Å²) in [5.41, 5.74) is 0. The Kier molecular flexibility index (Phi) is 18.4. The maximum atomic E-state index is 5.38. The SMILES string of the molecule is CCCCCCl.CCCC[SiH](C)C. The van der Waals surface area contributed by atoms with Gasteiger partial charge in [-0.3, -0.25) is 0 Å². The second kappa shape index (κ2) is 15.0. The van der Waals surface area contributed by atoms with Crippen LogP contribution in [0.3, 0.4) is 0 Å². The third-order valence-electron chi connectivity index (χ3n) is 1.87. The van der Waals surface area contributed by atoms with E-state index in [-0.39, 0.29) is 8.80 Å². The summed E-state index contributed by atoms with van der Waals surface area (Å²) in [5.74, 6) is 0.827. The summed E-state index contributed by atoms with van der Waals surface area (Å²) in [5, 5.41) is 0. The molecule has 0 bridgehead atoms. The summed E-state index contributed by atoms with van der Waals surface area (Å²) in [6.07, 6.45) is 6.57. The molecule has 0 aliphatic rings. The highest BCUT2D eigenvalue weighted by Crippen LogP contribution is 1.98. The summed E-state index contributed by atoms with van der Waals surface area (Å²) >= 11 is 5.38. The van der Waals surface area contributed by atoms with E-state index in [1.165, 1.54) is 38.1 Å². The van der Waals surface area contributed by atoms with E-state index >= 15 is 0 Å². The van der Waals surface area contributed by atoms with Crippen LogP contribution in [0.2, 0.25) is 19.1 Å². The first-order chi connectivity index (χ1) is 6.18. The minimum absolute atomic E-state index is 0.188. The molecule has 0 aromatic rings. The topological polar surface area (TPSA) is 0 Å². The molecule has 0 atom stereocenters. The maximum absolute atomic E-state index is 5.38. The molecule has 0 aliphatic heterocycles. The van der Waals surface area contributed by atoms with Gasteiger partial charge in [0.25, 0.3) is 0 Å². The van der Waals surface area contributed by atoms with Crippen LogP contribution >= 0.6 is 11.6 Å². The van der Waals surface area contributed by atoms with Crippen LogP contribution in [0.1, 0.15) is 46.0 Å². The van der Waals surface area contributed by atoms with Crippen molar-refractivity contribution in [1.82, 2.24) is 0 Å². The highest BCUT2D eigenvalue weighted by molar-refractivity contribution is 6.55. The zero-order chi connectivity index (χ0) is 10.5. The van der Waals surface area contributed by atoms with E-state index in [0.29, 0.717) is 0 Å². The predicted octanol–water partition coefficient (Wildman–Crippen LogP) is 4.69. The number of hydrogen-bond acceptors (Lipinski definition) is 0. The lowest BCUT2D eigenvalue weighted by atomic mass is 10.3. The average Bonchev–Trinajstić information content (AvgIpc) is 2.12. The van der Waals surface area contributed by atoms with E-state index in [4.69, 9.17) is 11.6 Å². The van der Waals surface area contributed by atoms with Crippen molar-refractivity contribution in [3.05, 3.63) is 0 Å². The van der Waals surface area contributed by atoms with Crippen LogP contribution in [-0.2, 0) is 0 Å². The van der Waals surface area contributed by atoms with E-state index in [1.54, 1.807) is 0 Å². The van der Waals surface area contributed by atoms with Gasteiger partial charge < -0.3 is 0 Å². The van der Waals surface area contributed by atoms with Gasteiger partial charge in [-0.05, 0) is 6.42 Å². The van der Waals surface area contributed by atoms with Crippen molar-refractivity contribution < 1.29 is 0 Å². The Labute approximate surface area is 91.7 Å². The molecule has 0 rings (SSSR count). The predicted molar refractivity (Wildman–Crippen MR) is 68.8 cm³/mol. The Bertz CT molecular complexity index is 70.5. The van der Waals surface area contributed by atoms with Crippen molar-refractivity contribution in [1.29, 1.82) is 0 Å². The third kappa shape index (κ3) is 24.5. The minimum Gasteiger partial charge on any atom is -0.127 e. The summed E-state index contributed by atoms with van der Waals surface area (Å²) in [6.45, 7) is 9.26. The van der Waals surface area contributed by atoms with Crippen LogP contribution < -0.4 is 0 Å². The fourth-order valence-corrected chi connectivity index (χ4v) is 2.37. The van der Waals surface area contributed by atoms with Gasteiger partial charge >= 0.3 is 0 Å². The van der Waals surface area contributed by atoms with Crippen molar-refractivity contribution in [3.63, 3.8) is 0 Å². The molecule has 0 aromatic carbocycles. The molecule has 0 saturated carbocycles. The minimum atomic E-state index is -0.188. The van der Waals surface area contributed by atoms with Crippen LogP contribution in [0.4, 0.5) is 0 Å². The first-order valence-electron chi connectivity index (χ1n) is 5.74. The summed E-state index contributed by atoms with van der Waals surface area (Å²) in [6, 6.07) is 1.54. The van der Waals surface area contributed by atoms with Crippen molar-refractivity contribution in [2.24, 2.45) is 0 Å². The summed E-state index contributed by atoms with van der Waals surface area (Å²) < 4.78 is 0. The molecule has 2 heteroatoms. The van der Waals surface area contributed by atoms with Crippen molar-refractivity contribution >= 4 is 20.4 Å². The maximum Gasteiger partial charge on any atom is 0.0305 e. The molecule has 0 saturated heterocycles. The molecule has 0 aromatic heterocycles. The molecule has 0 radical (unpaired) electrons. The Morgan fingerprint density at radius 2 is 1.46 bits per heavy atom. The van der Waals surface area contributed by atoms with E-state index in [2.05, 4.69) is 26.9 Å². The Morgan fingerprint density at radius 1 is 0.923 bits per heavy atom. The number of hydrogen-bond donors (Lipinski definition) is 0. The molecule has 0 unspecified atom stereocenters. The largest absolute Gasteiger partial charge is 0.127 e. The second-order valence-corrected chi connectivity index (χ2v) is 7.68. The van der Waals surface area contributed by atoms with E-state index in [1.807, 2.05) is 0 Å². The third-order valence-corrected chi connectivity index (χ3v) is 3.70. The Balaban J connectivity index is 0. The van der Waals surface area contributed by atoms with Crippen molar-refractivity contribution in [3.8, 4) is 0 Å². The van der Waals surface area contributed by atoms with Crippen LogP contribution in [0.15, 0.2) is 0 Å². The lowest BCUT2D eigenvalue weighted by molar-refractivity contribution is 0.776. The molecular formula is C11H27ClSi. The van der Waals surface area contributed by atoms with E-state index in [0.717, 1.165) is 5.88 Å². The highest BCUT2D eigenvalue weighted by atomic mass is 35.5. The number of alkyl halides is 1. The van der Waals surface area contributed by atoms with Gasteiger partial charge in [-0.15, -0.1) is 11.6 Å². The molecule has 0 nitrogen and oxygen atoms in total. The van der Waals surface area contributed by atoms with Crippen molar-refractivity contribution in [2.45, 2.75) is 65.1 Å². The molecule has 0 aliphatic carbocycles. The smallest absolute Gasteiger partial charge is 0.0305 e. The number of unbranched alkanes of at least 4 members (excludes halogenated alkanes) is 3. The van der Waals surface area contributed by atoms with Crippen LogP contribution in [0, 0.1) is 0 Å². The first kappa shape index (κ1) is 16.0. The van der Waals surface area contributed by atoms with Gasteiger partial charge in [0.15, 0.2) is 0 Å². The van der Waals surface area contributed by atoms with Gasteiger partial charge in [0.2, 0.25) is 0 Å². The number of rotatable bonds is 6. The quantitative estimate of drug-likeness (QED) is 0.348. The van der Waals surface area contributed by atoms with Crippen LogP contribution in [0.5, 0.6) is 0 Å². The zero-order valence-electron chi connectivity index (χ0n) is 9.91. The molecule has 82 valence electrons. The molecule has 0 spiro atoms. The fourth-order valence-electron chi connectivity index (χ4n) is 0.957. The van der Waals surface area contributed by atoms with Gasteiger partial charge in [-0.1, -0.05) is 58.7 Å². The normalized spacial score (nSPS) is 9.69. The van der Waals surface area contributed by atoms with Crippen LogP contribution in [-0.4, -0.2) is 14.7 Å². The van der Waals surface area contributed by atoms with Gasteiger partial charge in [-0.2, -0.15) is 0 Å². The molecule has 0 amide bonds. The lowest BCUT2D eigenvalue weighted by Gasteiger charge is -1.97. The first-order valence-corrected chi connectivity index (χ1v) is 9.40. The van der Waals surface area contributed by atoms with Gasteiger partial charge in [0.1, 0.15) is 0 Å². The summed E-state index contributed by atoms with van der Waals surface area (Å²) in [4.78, 5) is 0. The Hall–Kier alpha value is 0.507. The van der Waals surface area contributed by atoms with Crippen molar-refractivity contribution in [2.75, 3.05) is 5.88 Å². The highest BCUT2D eigenvalue weighted by Gasteiger charge is 1.90. The number of halogens is 1. The van der Waals surface area contributed by atoms with Gasteiger partial charge in [0.05, 0.1) is 0 Å². The second-order valence-electron chi connectivity index (χ2n) is 3.93. The standard InChI is InChI=1S/C6H16Si.C5H11Cl/c1-4-5-6-7(2)3;1-2-3-4-5-6/h7H,4-6H2,1-3H3;2-5H2,1H3. The molecular weight excluding hydrogens is 196 g/mol. The molecule has 0 N–H and O–H groups in total. The van der Waals surface area contributed by atoms with Gasteiger partial charge in [-0.25, -0.2) is 0 Å². The average molecular weight is 223 g/mol. The van der Waals surface area contributed by atoms with Gasteiger partial charge in [0, 0.05) is 14.7 Å². The van der Waals surface area contributed by atoms with E-state index in [9.17, 15) is 0 Å². The summed E-state index contributed by atoms with van der Waals surface area (Å²) in [7, 11) is -0.188. The Morgan fingerprint density at radius 3 is 1.62 bits per heavy atom. The lowest BCUT2D eigenvalue weighted by Crippen LogP contribution is -1.96.